The second kappa shape index (κ2) is 29.2. The van der Waals surface area contributed by atoms with Crippen LogP contribution in [0.15, 0.2) is 17.7 Å². The first kappa shape index (κ1) is 23.7. The van der Waals surface area contributed by atoms with Gasteiger partial charge in [-0.2, -0.15) is 5.57 Å². The third-order valence-corrected chi connectivity index (χ3v) is 1.34. The Balaban J connectivity index is -0.0000000755. The van der Waals surface area contributed by atoms with E-state index in [4.69, 9.17) is 14.4 Å². The van der Waals surface area contributed by atoms with Crippen LogP contribution in [0.1, 0.15) is 26.2 Å². The Morgan fingerprint density at radius 3 is 1.93 bits per heavy atom. The summed E-state index contributed by atoms with van der Waals surface area (Å²) in [5, 5.41) is 0. The van der Waals surface area contributed by atoms with E-state index < -0.39 is 0 Å². The van der Waals surface area contributed by atoms with Gasteiger partial charge < -0.3 is 14.4 Å². The Bertz CT molecular complexity index is 162. The van der Waals surface area contributed by atoms with Crippen LogP contribution >= 0.6 is 0 Å². The summed E-state index contributed by atoms with van der Waals surface area (Å²) in [6.45, 7) is 8.21. The zero-order chi connectivity index (χ0) is 11.8. The molecule has 1 aliphatic rings. The van der Waals surface area contributed by atoms with Crippen LogP contribution in [0.5, 0.6) is 0 Å². The Labute approximate surface area is 102 Å². The Kier molecular flexibility index (Phi) is 46.1. The van der Waals surface area contributed by atoms with E-state index in [1.165, 1.54) is 18.4 Å². The van der Waals surface area contributed by atoms with Crippen LogP contribution in [0.2, 0.25) is 0 Å². The minimum atomic E-state index is 0. The van der Waals surface area contributed by atoms with Crippen molar-refractivity contribution in [2.45, 2.75) is 26.2 Å². The van der Waals surface area contributed by atoms with Gasteiger partial charge in [0, 0.05) is 17.1 Å². The van der Waals surface area contributed by atoms with Crippen LogP contribution in [0.25, 0.3) is 0 Å². The Morgan fingerprint density at radius 2 is 1.67 bits per heavy atom. The fourth-order valence-electron chi connectivity index (χ4n) is 0.919. The monoisotopic (exact) mass is 253 g/mol. The molecule has 0 aromatic heterocycles. The molecule has 0 fully saturated rings. The zero-order valence-electron chi connectivity index (χ0n) is 8.98. The van der Waals surface area contributed by atoms with Crippen LogP contribution in [0, 0.1) is 6.08 Å². The molecule has 1 rings (SSSR count). The normalized spacial score (nSPS) is 9.80. The van der Waals surface area contributed by atoms with Gasteiger partial charge in [0.2, 0.25) is 0 Å². The molecule has 0 heterocycles. The number of hydrogen-bond acceptors (Lipinski definition) is 3. The zero-order valence-corrected chi connectivity index (χ0v) is 10.1. The summed E-state index contributed by atoms with van der Waals surface area (Å²) in [4.78, 5) is 24.0. The summed E-state index contributed by atoms with van der Waals surface area (Å²) in [5.74, 6) is 0. The molecule has 0 amide bonds. The van der Waals surface area contributed by atoms with E-state index in [2.05, 4.69) is 19.1 Å². The van der Waals surface area contributed by atoms with Crippen molar-refractivity contribution in [3.05, 3.63) is 23.8 Å². The summed E-state index contributed by atoms with van der Waals surface area (Å²) >= 11 is 0. The molecule has 0 saturated heterocycles. The minimum Gasteiger partial charge on any atom is -0.307 e. The van der Waals surface area contributed by atoms with E-state index in [1.54, 1.807) is 0 Å². The Hall–Kier alpha value is -0.991. The number of allylic oxidation sites excluding steroid dienone is 4. The topological polar surface area (TPSA) is 51.2 Å². The van der Waals surface area contributed by atoms with E-state index in [9.17, 15) is 0 Å². The smallest absolute Gasteiger partial charge is 0.106 e. The first-order chi connectivity index (χ1) is 6.93. The van der Waals surface area contributed by atoms with Crippen LogP contribution in [-0.4, -0.2) is 20.4 Å². The summed E-state index contributed by atoms with van der Waals surface area (Å²) in [6, 6.07) is 0. The molecular weight excluding hydrogens is 236 g/mol. The molecular formula is C11H17FeO3-. The molecule has 0 radical (unpaired) electrons. The van der Waals surface area contributed by atoms with Gasteiger partial charge in [0.1, 0.15) is 20.4 Å². The molecule has 0 aliphatic heterocycles. The van der Waals surface area contributed by atoms with Crippen LogP contribution in [0.3, 0.4) is 0 Å². The maximum Gasteiger partial charge on any atom is 0.106 e. The second-order valence-electron chi connectivity index (χ2n) is 2.12. The predicted molar refractivity (Wildman–Crippen MR) is 56.8 cm³/mol. The molecule has 4 heteroatoms. The number of carbonyl (C=O) groups excluding carboxylic acids is 3. The fraction of sp³-hybridized carbons (Fsp3) is 0.364. The standard InChI is InChI=1S/C8H11.3CH2O.Fe/c1-2-5-8-6-3-4-7-8;3*1-2;/h3,6H,2,5,7H2,1H3;3*1H2;/q-1;;;;. The van der Waals surface area contributed by atoms with Gasteiger partial charge in [-0.3, -0.25) is 6.08 Å². The number of hydrogen-bond donors (Lipinski definition) is 0. The maximum absolute atomic E-state index is 8.00. The van der Waals surface area contributed by atoms with Crippen LogP contribution in [0.4, 0.5) is 0 Å². The molecule has 0 aromatic carbocycles. The van der Waals surface area contributed by atoms with Crippen molar-refractivity contribution in [3.63, 3.8) is 0 Å². The molecule has 0 spiro atoms. The average Bonchev–Trinajstić information content (AvgIpc) is 2.80. The molecule has 0 saturated carbocycles. The van der Waals surface area contributed by atoms with Gasteiger partial charge >= 0.3 is 0 Å². The van der Waals surface area contributed by atoms with Crippen molar-refractivity contribution < 1.29 is 31.5 Å². The van der Waals surface area contributed by atoms with Crippen molar-refractivity contribution in [2.75, 3.05) is 0 Å². The van der Waals surface area contributed by atoms with Crippen molar-refractivity contribution in [2.24, 2.45) is 0 Å². The molecule has 0 aromatic rings. The first-order valence-electron chi connectivity index (χ1n) is 4.04. The molecule has 88 valence electrons. The molecule has 15 heavy (non-hydrogen) atoms. The predicted octanol–water partition coefficient (Wildman–Crippen LogP) is 1.92. The second-order valence-corrected chi connectivity index (χ2v) is 2.12. The van der Waals surface area contributed by atoms with E-state index in [0.717, 1.165) is 6.42 Å². The van der Waals surface area contributed by atoms with Gasteiger partial charge in [-0.05, 0) is 6.42 Å². The molecule has 3 nitrogen and oxygen atoms in total. The van der Waals surface area contributed by atoms with Crippen molar-refractivity contribution in [1.29, 1.82) is 0 Å². The quantitative estimate of drug-likeness (QED) is 0.558. The van der Waals surface area contributed by atoms with Gasteiger partial charge in [-0.1, -0.05) is 13.3 Å². The average molecular weight is 253 g/mol. The maximum atomic E-state index is 8.00. The van der Waals surface area contributed by atoms with Gasteiger partial charge in [0.15, 0.2) is 0 Å². The summed E-state index contributed by atoms with van der Waals surface area (Å²) in [7, 11) is 0. The van der Waals surface area contributed by atoms with E-state index in [1.807, 2.05) is 26.4 Å². The van der Waals surface area contributed by atoms with Crippen LogP contribution < -0.4 is 0 Å². The van der Waals surface area contributed by atoms with Crippen molar-refractivity contribution in [1.82, 2.24) is 0 Å². The van der Waals surface area contributed by atoms with Gasteiger partial charge in [-0.25, -0.2) is 12.2 Å². The van der Waals surface area contributed by atoms with E-state index in [0.29, 0.717) is 0 Å². The van der Waals surface area contributed by atoms with Gasteiger partial charge in [-0.15, -0.1) is 6.42 Å². The molecule has 0 unspecified atom stereocenters. The third-order valence-electron chi connectivity index (χ3n) is 1.34. The number of carbonyl (C=O) groups is 3. The van der Waals surface area contributed by atoms with Crippen molar-refractivity contribution in [3.8, 4) is 0 Å². The third kappa shape index (κ3) is 19.4. The van der Waals surface area contributed by atoms with E-state index in [-0.39, 0.29) is 17.1 Å². The van der Waals surface area contributed by atoms with Crippen molar-refractivity contribution >= 4 is 20.4 Å². The minimum absolute atomic E-state index is 0. The SMILES string of the molecule is C=O.C=O.C=O.CCCC1=CC=[C-]C1.[Fe]. The first-order valence-corrected chi connectivity index (χ1v) is 4.04. The van der Waals surface area contributed by atoms with Gasteiger partial charge in [0.25, 0.3) is 0 Å². The van der Waals surface area contributed by atoms with Gasteiger partial charge in [0.05, 0.1) is 0 Å². The summed E-state index contributed by atoms with van der Waals surface area (Å²) in [5.41, 5.74) is 1.53. The fourth-order valence-corrected chi connectivity index (χ4v) is 0.919. The Morgan fingerprint density at radius 1 is 1.20 bits per heavy atom. The van der Waals surface area contributed by atoms with Crippen LogP contribution in [-0.2, 0) is 31.5 Å². The molecule has 1 aliphatic carbocycles. The molecule has 0 bridgehead atoms. The summed E-state index contributed by atoms with van der Waals surface area (Å²) in [6.07, 6.45) is 10.9. The molecule has 0 atom stereocenters. The largest absolute Gasteiger partial charge is 0.307 e. The molecule has 0 N–H and O–H groups in total. The van der Waals surface area contributed by atoms with E-state index >= 15 is 0 Å². The summed E-state index contributed by atoms with van der Waals surface area (Å²) < 4.78 is 0. The number of rotatable bonds is 2.